The van der Waals surface area contributed by atoms with Crippen LogP contribution in [-0.4, -0.2) is 31.8 Å². The third-order valence-electron chi connectivity index (χ3n) is 4.71. The normalized spacial score (nSPS) is 35.9. The largest absolute Gasteiger partial charge is 0.462 e. The van der Waals surface area contributed by atoms with Crippen molar-refractivity contribution in [2.24, 2.45) is 17.6 Å². The lowest BCUT2D eigenvalue weighted by Gasteiger charge is -2.31. The van der Waals surface area contributed by atoms with E-state index in [-0.39, 0.29) is 24.1 Å². The highest BCUT2D eigenvalue weighted by molar-refractivity contribution is 5.72. The first-order valence-electron chi connectivity index (χ1n) is 7.66. The second-order valence-corrected chi connectivity index (χ2v) is 6.04. The van der Waals surface area contributed by atoms with Crippen LogP contribution >= 0.6 is 0 Å². The van der Waals surface area contributed by atoms with Crippen LogP contribution in [-0.2, 0) is 14.3 Å². The monoisotopic (exact) mass is 269 g/mol. The fourth-order valence-electron chi connectivity index (χ4n) is 3.32. The van der Waals surface area contributed by atoms with Crippen molar-refractivity contribution in [3.05, 3.63) is 0 Å². The average Bonchev–Trinajstić information content (AvgIpc) is 2.47. The van der Waals surface area contributed by atoms with Crippen molar-refractivity contribution >= 4 is 5.97 Å². The maximum absolute atomic E-state index is 12.2. The number of esters is 1. The van der Waals surface area contributed by atoms with E-state index in [1.54, 1.807) is 7.11 Å². The molecular weight excluding hydrogens is 242 g/mol. The van der Waals surface area contributed by atoms with Gasteiger partial charge in [0.25, 0.3) is 0 Å². The van der Waals surface area contributed by atoms with E-state index in [1.165, 1.54) is 0 Å². The van der Waals surface area contributed by atoms with Crippen LogP contribution in [0.5, 0.6) is 0 Å². The van der Waals surface area contributed by atoms with Crippen molar-refractivity contribution in [2.75, 3.05) is 13.7 Å². The van der Waals surface area contributed by atoms with Crippen LogP contribution in [0.25, 0.3) is 0 Å². The number of rotatable bonds is 4. The van der Waals surface area contributed by atoms with Gasteiger partial charge in [-0.3, -0.25) is 4.79 Å². The molecule has 110 valence electrons. The number of hydrogen-bond acceptors (Lipinski definition) is 4. The van der Waals surface area contributed by atoms with Crippen LogP contribution in [0.2, 0.25) is 0 Å². The van der Waals surface area contributed by atoms with Crippen molar-refractivity contribution in [3.63, 3.8) is 0 Å². The molecule has 19 heavy (non-hydrogen) atoms. The molecular formula is C15H27NO3. The molecule has 0 aromatic carbocycles. The van der Waals surface area contributed by atoms with Gasteiger partial charge >= 0.3 is 5.97 Å². The number of methoxy groups -OCH3 is 1. The average molecular weight is 269 g/mol. The zero-order valence-corrected chi connectivity index (χ0v) is 12.0. The van der Waals surface area contributed by atoms with Gasteiger partial charge in [-0.15, -0.1) is 0 Å². The molecule has 2 fully saturated rings. The third-order valence-corrected chi connectivity index (χ3v) is 4.71. The molecule has 0 heterocycles. The Morgan fingerprint density at radius 3 is 2.42 bits per heavy atom. The zero-order chi connectivity index (χ0) is 13.7. The van der Waals surface area contributed by atoms with Crippen molar-refractivity contribution in [2.45, 2.75) is 63.6 Å². The standard InChI is InChI=1S/C15H27NO3/c1-18-13-3-2-4-14(9-13)19-15(17)12-7-5-11(10-16)6-8-12/h11-14H,2-10,16H2,1H3. The minimum absolute atomic E-state index is 0.0113. The molecule has 0 aromatic rings. The van der Waals surface area contributed by atoms with Crippen LogP contribution < -0.4 is 5.73 Å². The Morgan fingerprint density at radius 1 is 1.11 bits per heavy atom. The molecule has 2 N–H and O–H groups in total. The minimum Gasteiger partial charge on any atom is -0.462 e. The van der Waals surface area contributed by atoms with Crippen LogP contribution in [0.1, 0.15) is 51.4 Å². The first kappa shape index (κ1) is 14.8. The molecule has 2 saturated carbocycles. The Labute approximate surface area is 116 Å². The van der Waals surface area contributed by atoms with E-state index in [9.17, 15) is 4.79 Å². The summed E-state index contributed by atoms with van der Waals surface area (Å²) in [5, 5.41) is 0. The number of ether oxygens (including phenoxy) is 2. The smallest absolute Gasteiger partial charge is 0.309 e. The van der Waals surface area contributed by atoms with E-state index in [4.69, 9.17) is 15.2 Å². The van der Waals surface area contributed by atoms with E-state index in [2.05, 4.69) is 0 Å². The highest BCUT2D eigenvalue weighted by Gasteiger charge is 2.30. The molecule has 0 bridgehead atoms. The van der Waals surface area contributed by atoms with E-state index >= 15 is 0 Å². The number of nitrogens with two attached hydrogens (primary N) is 1. The van der Waals surface area contributed by atoms with Gasteiger partial charge in [0, 0.05) is 13.5 Å². The van der Waals surface area contributed by atoms with Gasteiger partial charge < -0.3 is 15.2 Å². The van der Waals surface area contributed by atoms with E-state index < -0.39 is 0 Å². The lowest BCUT2D eigenvalue weighted by molar-refractivity contribution is -0.159. The van der Waals surface area contributed by atoms with E-state index in [0.29, 0.717) is 5.92 Å². The lowest BCUT2D eigenvalue weighted by Crippen LogP contribution is -2.33. The van der Waals surface area contributed by atoms with Crippen LogP contribution in [0, 0.1) is 11.8 Å². The summed E-state index contributed by atoms with van der Waals surface area (Å²) in [4.78, 5) is 12.2. The molecule has 0 aromatic heterocycles. The molecule has 0 aliphatic heterocycles. The number of carbonyl (C=O) groups is 1. The topological polar surface area (TPSA) is 61.5 Å². The van der Waals surface area contributed by atoms with Gasteiger partial charge in [0.15, 0.2) is 0 Å². The Balaban J connectivity index is 1.75. The van der Waals surface area contributed by atoms with Gasteiger partial charge in [-0.25, -0.2) is 0 Å². The first-order valence-corrected chi connectivity index (χ1v) is 7.66. The predicted molar refractivity (Wildman–Crippen MR) is 73.6 cm³/mol. The summed E-state index contributed by atoms with van der Waals surface area (Å²) in [6.07, 6.45) is 8.40. The van der Waals surface area contributed by atoms with Crippen molar-refractivity contribution in [1.29, 1.82) is 0 Å². The molecule has 0 radical (unpaired) electrons. The predicted octanol–water partition coefficient (Wildman–Crippen LogP) is 2.25. The SMILES string of the molecule is COC1CCCC(OC(=O)C2CCC(CN)CC2)C1. The molecule has 0 amide bonds. The van der Waals surface area contributed by atoms with Gasteiger partial charge in [-0.2, -0.15) is 0 Å². The fourth-order valence-corrected chi connectivity index (χ4v) is 3.32. The molecule has 0 spiro atoms. The van der Waals surface area contributed by atoms with Gasteiger partial charge in [-0.05, 0) is 57.4 Å². The summed E-state index contributed by atoms with van der Waals surface area (Å²) in [6, 6.07) is 0. The maximum atomic E-state index is 12.2. The summed E-state index contributed by atoms with van der Waals surface area (Å²) in [5.74, 6) is 0.722. The maximum Gasteiger partial charge on any atom is 0.309 e. The molecule has 2 unspecified atom stereocenters. The van der Waals surface area contributed by atoms with Gasteiger partial charge in [0.05, 0.1) is 12.0 Å². The van der Waals surface area contributed by atoms with Crippen molar-refractivity contribution < 1.29 is 14.3 Å². The lowest BCUT2D eigenvalue weighted by atomic mass is 9.82. The molecule has 0 saturated heterocycles. The Bertz CT molecular complexity index is 287. The number of hydrogen-bond donors (Lipinski definition) is 1. The summed E-state index contributed by atoms with van der Waals surface area (Å²) in [6.45, 7) is 0.750. The molecule has 4 heteroatoms. The van der Waals surface area contributed by atoms with Gasteiger partial charge in [0.2, 0.25) is 0 Å². The molecule has 2 aliphatic rings. The van der Waals surface area contributed by atoms with E-state index in [0.717, 1.165) is 57.9 Å². The quantitative estimate of drug-likeness (QED) is 0.795. The fraction of sp³-hybridized carbons (Fsp3) is 0.933. The summed E-state index contributed by atoms with van der Waals surface area (Å²) >= 11 is 0. The molecule has 2 atom stereocenters. The second-order valence-electron chi connectivity index (χ2n) is 6.04. The Kier molecular flexibility index (Phi) is 5.64. The third kappa shape index (κ3) is 4.18. The Morgan fingerprint density at radius 2 is 1.79 bits per heavy atom. The first-order chi connectivity index (χ1) is 9.22. The van der Waals surface area contributed by atoms with E-state index in [1.807, 2.05) is 0 Å². The Hall–Kier alpha value is -0.610. The highest BCUT2D eigenvalue weighted by Crippen LogP contribution is 2.30. The summed E-state index contributed by atoms with van der Waals surface area (Å²) < 4.78 is 11.1. The molecule has 2 rings (SSSR count). The molecule has 2 aliphatic carbocycles. The van der Waals surface area contributed by atoms with Crippen molar-refractivity contribution in [3.8, 4) is 0 Å². The summed E-state index contributed by atoms with van der Waals surface area (Å²) in [7, 11) is 1.74. The van der Waals surface area contributed by atoms with Crippen LogP contribution in [0.15, 0.2) is 0 Å². The second kappa shape index (κ2) is 7.25. The van der Waals surface area contributed by atoms with Gasteiger partial charge in [-0.1, -0.05) is 0 Å². The number of carbonyl (C=O) groups excluding carboxylic acids is 1. The summed E-state index contributed by atoms with van der Waals surface area (Å²) in [5.41, 5.74) is 5.67. The van der Waals surface area contributed by atoms with Crippen LogP contribution in [0.4, 0.5) is 0 Å². The molecule has 4 nitrogen and oxygen atoms in total. The zero-order valence-electron chi connectivity index (χ0n) is 12.0. The highest BCUT2D eigenvalue weighted by atomic mass is 16.5. The van der Waals surface area contributed by atoms with Crippen molar-refractivity contribution in [1.82, 2.24) is 0 Å². The minimum atomic E-state index is 0.0113. The van der Waals surface area contributed by atoms with Gasteiger partial charge in [0.1, 0.15) is 6.10 Å². The van der Waals surface area contributed by atoms with Crippen LogP contribution in [0.3, 0.4) is 0 Å².